The predicted octanol–water partition coefficient (Wildman–Crippen LogP) is -0.0414. The van der Waals surface area contributed by atoms with Gasteiger partial charge in [-0.05, 0) is 19.1 Å². The summed E-state index contributed by atoms with van der Waals surface area (Å²) >= 11 is 3.91. The van der Waals surface area contributed by atoms with Crippen molar-refractivity contribution >= 4 is 36.2 Å². The molecule has 0 saturated carbocycles. The maximum Gasteiger partial charge on any atom is 0.327 e. The Balaban J connectivity index is 2.28. The third-order valence-corrected chi connectivity index (χ3v) is 3.75. The topological polar surface area (TPSA) is 99.1 Å². The van der Waals surface area contributed by atoms with E-state index in [1.165, 1.54) is 0 Å². The highest BCUT2D eigenvalue weighted by Crippen LogP contribution is 2.28. The molecule has 2 rings (SSSR count). The Labute approximate surface area is 126 Å². The molecule has 2 aliphatic heterocycles. The number of hydrogen-bond donors (Lipinski definition) is 3. The van der Waals surface area contributed by atoms with Crippen LogP contribution >= 0.6 is 12.6 Å². The van der Waals surface area contributed by atoms with Crippen LogP contribution in [0.15, 0.2) is 29.4 Å². The lowest BCUT2D eigenvalue weighted by molar-refractivity contribution is -0.143. The Morgan fingerprint density at radius 2 is 2.29 bits per heavy atom. The van der Waals surface area contributed by atoms with Crippen molar-refractivity contribution in [2.45, 2.75) is 24.9 Å². The standard InChI is InChI=1S/C13H15N3O4S/c1-13(12(20)14-8(7-21)11(18)19)6-10(17)15-9-4-2-3-5-16(9)13/h2-5,8,21H,6-7H2,1H3,(H,14,20)(H,18,19). The summed E-state index contributed by atoms with van der Waals surface area (Å²) in [4.78, 5) is 40.7. The monoisotopic (exact) mass is 309 g/mol. The summed E-state index contributed by atoms with van der Waals surface area (Å²) in [6.07, 6.45) is 6.56. The molecular formula is C13H15N3O4S. The normalized spacial score (nSPS) is 25.1. The Morgan fingerprint density at radius 1 is 1.57 bits per heavy atom. The lowest BCUT2D eigenvalue weighted by Crippen LogP contribution is -2.62. The molecule has 2 N–H and O–H groups in total. The van der Waals surface area contributed by atoms with Crippen molar-refractivity contribution in [1.82, 2.24) is 10.2 Å². The number of allylic oxidation sites excluding steroid dienone is 2. The van der Waals surface area contributed by atoms with Gasteiger partial charge >= 0.3 is 5.97 Å². The molecule has 2 atom stereocenters. The van der Waals surface area contributed by atoms with Crippen LogP contribution in [-0.2, 0) is 14.4 Å². The summed E-state index contributed by atoms with van der Waals surface area (Å²) in [6, 6.07) is -1.11. The van der Waals surface area contributed by atoms with E-state index >= 15 is 0 Å². The van der Waals surface area contributed by atoms with E-state index in [1.54, 1.807) is 36.3 Å². The number of carboxylic acids is 1. The molecule has 0 bridgehead atoms. The number of aliphatic carboxylic acids is 1. The van der Waals surface area contributed by atoms with Crippen molar-refractivity contribution in [3.8, 4) is 0 Å². The van der Waals surface area contributed by atoms with Gasteiger partial charge in [0.25, 0.3) is 5.91 Å². The highest BCUT2D eigenvalue weighted by atomic mass is 32.1. The second-order valence-corrected chi connectivity index (χ2v) is 5.30. The van der Waals surface area contributed by atoms with E-state index in [2.05, 4.69) is 22.9 Å². The molecule has 2 unspecified atom stereocenters. The van der Waals surface area contributed by atoms with Crippen LogP contribution < -0.4 is 5.32 Å². The van der Waals surface area contributed by atoms with Crippen molar-refractivity contribution in [2.24, 2.45) is 4.99 Å². The predicted molar refractivity (Wildman–Crippen MR) is 79.0 cm³/mol. The fourth-order valence-corrected chi connectivity index (χ4v) is 2.43. The summed E-state index contributed by atoms with van der Waals surface area (Å²) < 4.78 is 0. The van der Waals surface area contributed by atoms with Crippen LogP contribution in [0, 0.1) is 0 Å². The molecule has 0 fully saturated rings. The number of rotatable bonds is 4. The van der Waals surface area contributed by atoms with Crippen LogP contribution in [-0.4, -0.2) is 51.0 Å². The summed E-state index contributed by atoms with van der Waals surface area (Å²) in [5.41, 5.74) is -1.22. The Bertz CT molecular complexity index is 584. The van der Waals surface area contributed by atoms with Gasteiger partial charge in [-0.3, -0.25) is 9.59 Å². The van der Waals surface area contributed by atoms with E-state index in [1.807, 2.05) is 0 Å². The van der Waals surface area contributed by atoms with Gasteiger partial charge in [0.1, 0.15) is 17.4 Å². The van der Waals surface area contributed by atoms with Crippen LogP contribution in [0.3, 0.4) is 0 Å². The van der Waals surface area contributed by atoms with Crippen molar-refractivity contribution in [2.75, 3.05) is 5.75 Å². The van der Waals surface area contributed by atoms with E-state index in [-0.39, 0.29) is 12.2 Å². The summed E-state index contributed by atoms with van der Waals surface area (Å²) in [5, 5.41) is 11.4. The number of carboxylic acid groups (broad SMARTS) is 1. The highest BCUT2D eigenvalue weighted by Gasteiger charge is 2.46. The van der Waals surface area contributed by atoms with Crippen LogP contribution in [0.1, 0.15) is 13.3 Å². The molecule has 2 heterocycles. The minimum absolute atomic E-state index is 0.0399. The third-order valence-electron chi connectivity index (χ3n) is 3.38. The van der Waals surface area contributed by atoms with E-state index in [4.69, 9.17) is 5.11 Å². The van der Waals surface area contributed by atoms with Gasteiger partial charge < -0.3 is 15.3 Å². The first-order valence-electron chi connectivity index (χ1n) is 6.29. The van der Waals surface area contributed by atoms with Gasteiger partial charge in [-0.2, -0.15) is 17.6 Å². The number of amidine groups is 1. The molecule has 2 amide bonds. The zero-order chi connectivity index (χ0) is 15.6. The molecule has 0 aromatic rings. The van der Waals surface area contributed by atoms with E-state index in [9.17, 15) is 14.4 Å². The van der Waals surface area contributed by atoms with Gasteiger partial charge in [0.05, 0.1) is 6.42 Å². The summed E-state index contributed by atoms with van der Waals surface area (Å²) in [6.45, 7) is 1.58. The zero-order valence-corrected chi connectivity index (χ0v) is 12.2. The first-order valence-corrected chi connectivity index (χ1v) is 6.92. The Kier molecular flexibility index (Phi) is 4.17. The molecule has 8 heteroatoms. The smallest absolute Gasteiger partial charge is 0.327 e. The minimum Gasteiger partial charge on any atom is -0.480 e. The number of nitrogens with zero attached hydrogens (tertiary/aromatic N) is 2. The molecule has 21 heavy (non-hydrogen) atoms. The van der Waals surface area contributed by atoms with Crippen LogP contribution in [0.4, 0.5) is 0 Å². The van der Waals surface area contributed by atoms with Gasteiger partial charge in [0.15, 0.2) is 0 Å². The highest BCUT2D eigenvalue weighted by molar-refractivity contribution is 7.80. The van der Waals surface area contributed by atoms with Crippen LogP contribution in [0.25, 0.3) is 0 Å². The number of carbonyl (C=O) groups excluding carboxylic acids is 2. The fraction of sp³-hybridized carbons (Fsp3) is 0.385. The third kappa shape index (κ3) is 2.85. The number of amides is 2. The molecule has 0 aliphatic carbocycles. The zero-order valence-electron chi connectivity index (χ0n) is 11.3. The quantitative estimate of drug-likeness (QED) is 0.633. The number of aliphatic imine (C=N–C) groups is 1. The van der Waals surface area contributed by atoms with Gasteiger partial charge in [-0.1, -0.05) is 6.08 Å². The lowest BCUT2D eigenvalue weighted by atomic mass is 9.91. The van der Waals surface area contributed by atoms with E-state index < -0.39 is 29.4 Å². The summed E-state index contributed by atoms with van der Waals surface area (Å²) in [5.74, 6) is -1.82. The Morgan fingerprint density at radius 3 is 2.90 bits per heavy atom. The number of carbonyl (C=O) groups is 3. The molecule has 0 aromatic heterocycles. The first-order chi connectivity index (χ1) is 9.88. The van der Waals surface area contributed by atoms with Crippen molar-refractivity contribution in [3.05, 3.63) is 24.4 Å². The second kappa shape index (κ2) is 5.72. The average molecular weight is 309 g/mol. The van der Waals surface area contributed by atoms with E-state index in [0.717, 1.165) is 0 Å². The number of hydrogen-bond acceptors (Lipinski definition) is 5. The van der Waals surface area contributed by atoms with Crippen molar-refractivity contribution < 1.29 is 19.5 Å². The van der Waals surface area contributed by atoms with Crippen molar-refractivity contribution in [1.29, 1.82) is 0 Å². The molecule has 0 aromatic carbocycles. The molecule has 7 nitrogen and oxygen atoms in total. The van der Waals surface area contributed by atoms with Gasteiger partial charge in [-0.25, -0.2) is 4.79 Å². The Hall–Kier alpha value is -2.09. The molecule has 2 aliphatic rings. The second-order valence-electron chi connectivity index (χ2n) is 4.93. The van der Waals surface area contributed by atoms with Crippen molar-refractivity contribution in [3.63, 3.8) is 0 Å². The molecule has 0 saturated heterocycles. The summed E-state index contributed by atoms with van der Waals surface area (Å²) in [7, 11) is 0. The lowest BCUT2D eigenvalue weighted by Gasteiger charge is -2.42. The van der Waals surface area contributed by atoms with Crippen LogP contribution in [0.5, 0.6) is 0 Å². The maximum atomic E-state index is 12.5. The fourth-order valence-electron chi connectivity index (χ4n) is 2.18. The molecule has 0 spiro atoms. The van der Waals surface area contributed by atoms with Gasteiger partial charge in [0.2, 0.25) is 5.91 Å². The van der Waals surface area contributed by atoms with Gasteiger partial charge in [0, 0.05) is 12.0 Å². The molecular weight excluding hydrogens is 294 g/mol. The minimum atomic E-state index is -1.22. The van der Waals surface area contributed by atoms with Gasteiger partial charge in [-0.15, -0.1) is 0 Å². The molecule has 0 radical (unpaired) electrons. The number of nitrogens with one attached hydrogen (secondary N) is 1. The molecule has 112 valence electrons. The van der Waals surface area contributed by atoms with E-state index in [0.29, 0.717) is 5.84 Å². The average Bonchev–Trinajstić information content (AvgIpc) is 2.43. The maximum absolute atomic E-state index is 12.5. The van der Waals surface area contributed by atoms with Crippen LogP contribution in [0.2, 0.25) is 0 Å². The number of thiol groups is 1. The first kappa shape index (κ1) is 15.3. The SMILES string of the molecule is CC1(C(=O)NC(CS)C(=O)O)CC(=O)N=C2C=CC=CN21. The largest absolute Gasteiger partial charge is 0.480 e. The number of fused-ring (bicyclic) bond motifs is 1.